The lowest BCUT2D eigenvalue weighted by molar-refractivity contribution is 0.549. The van der Waals surface area contributed by atoms with Gasteiger partial charge in [0.2, 0.25) is 0 Å². The summed E-state index contributed by atoms with van der Waals surface area (Å²) in [4.78, 5) is 6.83. The Hall–Kier alpha value is -3.15. The van der Waals surface area contributed by atoms with E-state index in [2.05, 4.69) is 75.4 Å². The number of rotatable bonds is 4. The Morgan fingerprint density at radius 2 is 1.77 bits per heavy atom. The topological polar surface area (TPSA) is 33.1 Å². The summed E-state index contributed by atoms with van der Waals surface area (Å²) in [6, 6.07) is 26.3. The fraction of sp³-hybridized carbons (Fsp3) is 0.120. The van der Waals surface area contributed by atoms with Crippen molar-refractivity contribution >= 4 is 34.6 Å². The minimum atomic E-state index is -0.0953. The van der Waals surface area contributed by atoms with Crippen molar-refractivity contribution in [1.82, 2.24) is 14.9 Å². The second-order valence-electron chi connectivity index (χ2n) is 7.62. The van der Waals surface area contributed by atoms with Crippen molar-refractivity contribution in [3.8, 4) is 5.69 Å². The summed E-state index contributed by atoms with van der Waals surface area (Å²) >= 11 is 12.1. The van der Waals surface area contributed by atoms with E-state index in [1.807, 2.05) is 42.6 Å². The molecule has 3 heterocycles. The Morgan fingerprint density at radius 3 is 2.55 bits per heavy atom. The summed E-state index contributed by atoms with van der Waals surface area (Å²) in [5.41, 5.74) is 5.30. The molecule has 0 aliphatic carbocycles. The molecule has 0 bridgehead atoms. The smallest absolute Gasteiger partial charge is 0.174 e. The lowest BCUT2D eigenvalue weighted by atomic mass is 10.0. The number of thiocarbonyl (C=S) groups is 1. The molecular weight excluding hydrogens is 424 g/mol. The average molecular weight is 445 g/mol. The van der Waals surface area contributed by atoms with Gasteiger partial charge in [0.25, 0.3) is 0 Å². The van der Waals surface area contributed by atoms with Gasteiger partial charge in [-0.3, -0.25) is 4.98 Å². The Kier molecular flexibility index (Phi) is 5.22. The molecule has 0 unspecified atom stereocenters. The normalized spacial score (nSPS) is 18.3. The van der Waals surface area contributed by atoms with E-state index in [4.69, 9.17) is 23.8 Å². The van der Waals surface area contributed by atoms with Gasteiger partial charge >= 0.3 is 0 Å². The van der Waals surface area contributed by atoms with Gasteiger partial charge in [-0.25, -0.2) is 0 Å². The standard InChI is InChI=1S/C25H21ClN4S/c1-17-7-4-10-20(15-17)30-24(23(28-25(30)31)21-11-2-3-13-27-21)22-12-6-14-29(22)19-9-5-8-18(26)16-19/h2-16,23-24H,1H3,(H,28,31)/t23-,24-/m0/s1. The third-order valence-electron chi connectivity index (χ3n) is 5.55. The molecule has 6 heteroatoms. The van der Waals surface area contributed by atoms with Crippen LogP contribution in [0.3, 0.4) is 0 Å². The summed E-state index contributed by atoms with van der Waals surface area (Å²) in [6.45, 7) is 2.09. The first-order chi connectivity index (χ1) is 15.1. The number of benzene rings is 2. The molecule has 5 rings (SSSR count). The lowest BCUT2D eigenvalue weighted by Crippen LogP contribution is -2.30. The van der Waals surface area contributed by atoms with Crippen molar-refractivity contribution in [2.75, 3.05) is 4.90 Å². The summed E-state index contributed by atoms with van der Waals surface area (Å²) in [5, 5.41) is 4.91. The molecule has 0 saturated carbocycles. The summed E-state index contributed by atoms with van der Waals surface area (Å²) < 4.78 is 2.17. The van der Waals surface area contributed by atoms with Crippen LogP contribution in [-0.2, 0) is 0 Å². The number of aryl methyl sites for hydroxylation is 1. The first-order valence-corrected chi connectivity index (χ1v) is 10.9. The van der Waals surface area contributed by atoms with Gasteiger partial charge in [-0.2, -0.15) is 0 Å². The van der Waals surface area contributed by atoms with Crippen LogP contribution in [0.2, 0.25) is 5.02 Å². The Labute approximate surface area is 192 Å². The highest BCUT2D eigenvalue weighted by molar-refractivity contribution is 7.80. The zero-order chi connectivity index (χ0) is 21.4. The van der Waals surface area contributed by atoms with E-state index >= 15 is 0 Å². The number of aromatic nitrogens is 2. The third-order valence-corrected chi connectivity index (χ3v) is 6.10. The van der Waals surface area contributed by atoms with Crippen LogP contribution in [0.5, 0.6) is 0 Å². The van der Waals surface area contributed by atoms with Crippen LogP contribution in [0.1, 0.15) is 29.0 Å². The van der Waals surface area contributed by atoms with Crippen LogP contribution in [0, 0.1) is 6.92 Å². The van der Waals surface area contributed by atoms with Gasteiger partial charge in [0.05, 0.1) is 11.7 Å². The second kappa shape index (κ2) is 8.17. The molecule has 1 aliphatic heterocycles. The number of anilines is 1. The molecular formula is C25H21ClN4S. The van der Waals surface area contributed by atoms with Crippen LogP contribution >= 0.6 is 23.8 Å². The van der Waals surface area contributed by atoms with Gasteiger partial charge in [-0.1, -0.05) is 35.9 Å². The number of hydrogen-bond acceptors (Lipinski definition) is 2. The first-order valence-electron chi connectivity index (χ1n) is 10.1. The maximum atomic E-state index is 6.30. The van der Waals surface area contributed by atoms with Gasteiger partial charge in [-0.05, 0) is 79.3 Å². The summed E-state index contributed by atoms with van der Waals surface area (Å²) in [5.74, 6) is 0. The Morgan fingerprint density at radius 1 is 0.935 bits per heavy atom. The fourth-order valence-corrected chi connectivity index (χ4v) is 4.74. The fourth-order valence-electron chi connectivity index (χ4n) is 4.21. The highest BCUT2D eigenvalue weighted by Crippen LogP contribution is 2.42. The average Bonchev–Trinajstić information content (AvgIpc) is 3.38. The van der Waals surface area contributed by atoms with Crippen molar-refractivity contribution in [1.29, 1.82) is 0 Å². The van der Waals surface area contributed by atoms with E-state index in [1.165, 1.54) is 5.56 Å². The van der Waals surface area contributed by atoms with Crippen LogP contribution in [0.25, 0.3) is 5.69 Å². The first kappa shape index (κ1) is 19.8. The van der Waals surface area contributed by atoms with Crippen LogP contribution in [-0.4, -0.2) is 14.7 Å². The number of nitrogens with one attached hydrogen (secondary N) is 1. The minimum absolute atomic E-state index is 0.0850. The predicted molar refractivity (Wildman–Crippen MR) is 130 cm³/mol. The van der Waals surface area contributed by atoms with Crippen molar-refractivity contribution in [2.24, 2.45) is 0 Å². The monoisotopic (exact) mass is 444 g/mol. The SMILES string of the molecule is Cc1cccc(N2C(=S)N[C@@H](c3ccccn3)[C@@H]2c2cccn2-c2cccc(Cl)c2)c1. The molecule has 4 aromatic rings. The molecule has 2 aromatic carbocycles. The van der Waals surface area contributed by atoms with Crippen LogP contribution in [0.4, 0.5) is 5.69 Å². The van der Waals surface area contributed by atoms with Gasteiger partial charge in [0, 0.05) is 34.5 Å². The van der Waals surface area contributed by atoms with Gasteiger partial charge in [0.15, 0.2) is 5.11 Å². The largest absolute Gasteiger partial charge is 0.351 e. The van der Waals surface area contributed by atoms with Crippen molar-refractivity contribution in [3.63, 3.8) is 0 Å². The van der Waals surface area contributed by atoms with Gasteiger partial charge < -0.3 is 14.8 Å². The van der Waals surface area contributed by atoms with Crippen LogP contribution < -0.4 is 10.2 Å². The molecule has 0 spiro atoms. The quantitative estimate of drug-likeness (QED) is 0.391. The number of hydrogen-bond donors (Lipinski definition) is 1. The molecule has 1 saturated heterocycles. The minimum Gasteiger partial charge on any atom is -0.351 e. The molecule has 154 valence electrons. The third kappa shape index (κ3) is 3.71. The molecule has 2 atom stereocenters. The molecule has 1 fully saturated rings. The lowest BCUT2D eigenvalue weighted by Gasteiger charge is -2.29. The van der Waals surface area contributed by atoms with E-state index in [-0.39, 0.29) is 12.1 Å². The summed E-state index contributed by atoms with van der Waals surface area (Å²) in [7, 11) is 0. The molecule has 2 aromatic heterocycles. The van der Waals surface area contributed by atoms with Crippen molar-refractivity contribution in [2.45, 2.75) is 19.0 Å². The maximum Gasteiger partial charge on any atom is 0.174 e. The van der Waals surface area contributed by atoms with Crippen molar-refractivity contribution < 1.29 is 0 Å². The van der Waals surface area contributed by atoms with E-state index in [9.17, 15) is 0 Å². The second-order valence-corrected chi connectivity index (χ2v) is 8.44. The zero-order valence-corrected chi connectivity index (χ0v) is 18.5. The predicted octanol–water partition coefficient (Wildman–Crippen LogP) is 6.01. The highest BCUT2D eigenvalue weighted by Gasteiger charge is 2.42. The Bertz CT molecular complexity index is 1240. The molecule has 1 aliphatic rings. The molecule has 4 nitrogen and oxygen atoms in total. The van der Waals surface area contributed by atoms with E-state index in [0.29, 0.717) is 10.1 Å². The van der Waals surface area contributed by atoms with Crippen molar-refractivity contribution in [3.05, 3.63) is 113 Å². The zero-order valence-electron chi connectivity index (χ0n) is 16.9. The molecule has 31 heavy (non-hydrogen) atoms. The van der Waals surface area contributed by atoms with E-state index in [1.54, 1.807) is 0 Å². The summed E-state index contributed by atoms with van der Waals surface area (Å²) in [6.07, 6.45) is 3.88. The van der Waals surface area contributed by atoms with E-state index < -0.39 is 0 Å². The van der Waals surface area contributed by atoms with E-state index in [0.717, 1.165) is 22.8 Å². The Balaban J connectivity index is 1.68. The number of nitrogens with zero attached hydrogens (tertiary/aromatic N) is 3. The molecule has 0 amide bonds. The highest BCUT2D eigenvalue weighted by atomic mass is 35.5. The molecule has 1 N–H and O–H groups in total. The van der Waals surface area contributed by atoms with Gasteiger partial charge in [-0.15, -0.1) is 0 Å². The van der Waals surface area contributed by atoms with Gasteiger partial charge in [0.1, 0.15) is 6.04 Å². The van der Waals surface area contributed by atoms with Crippen LogP contribution in [0.15, 0.2) is 91.3 Å². The maximum absolute atomic E-state index is 6.30. The number of halogens is 1. The number of pyridine rings is 1. The molecule has 0 radical (unpaired) electrons.